The van der Waals surface area contributed by atoms with E-state index in [9.17, 15) is 9.59 Å². The third-order valence-corrected chi connectivity index (χ3v) is 5.74. The summed E-state index contributed by atoms with van der Waals surface area (Å²) in [4.78, 5) is 36.6. The first kappa shape index (κ1) is 19.3. The Morgan fingerprint density at radius 1 is 0.935 bits per heavy atom. The molecule has 7 heteroatoms. The van der Waals surface area contributed by atoms with Crippen molar-refractivity contribution >= 4 is 39.1 Å². The highest BCUT2D eigenvalue weighted by Crippen LogP contribution is 2.30. The van der Waals surface area contributed by atoms with Gasteiger partial charge in [-0.3, -0.25) is 14.5 Å². The Labute approximate surface area is 179 Å². The Morgan fingerprint density at radius 3 is 2.42 bits per heavy atom. The lowest BCUT2D eigenvalue weighted by Gasteiger charge is -2.36. The Kier molecular flexibility index (Phi) is 5.09. The summed E-state index contributed by atoms with van der Waals surface area (Å²) in [5.74, 6) is -0.00224. The van der Waals surface area contributed by atoms with Gasteiger partial charge in [-0.05, 0) is 24.3 Å². The van der Waals surface area contributed by atoms with Gasteiger partial charge in [0.2, 0.25) is 5.91 Å². The molecular formula is C24H23N5O2. The number of nitrogens with zero attached hydrogens (tertiary/aromatic N) is 3. The van der Waals surface area contributed by atoms with Crippen molar-refractivity contribution in [2.24, 2.45) is 0 Å². The number of aromatic nitrogens is 2. The molecule has 0 unspecified atom stereocenters. The number of anilines is 2. The van der Waals surface area contributed by atoms with Crippen LogP contribution in [0.1, 0.15) is 0 Å². The SMILES string of the molecule is O=C(CN1CCN(c2ccnc3[nH]c(=O)c4ccccc4c23)CC1)Nc1ccccc1. The van der Waals surface area contributed by atoms with Gasteiger partial charge in [-0.1, -0.05) is 36.4 Å². The molecule has 1 fully saturated rings. The maximum atomic E-state index is 12.4. The van der Waals surface area contributed by atoms with E-state index in [1.807, 2.05) is 60.7 Å². The predicted molar refractivity (Wildman–Crippen MR) is 124 cm³/mol. The van der Waals surface area contributed by atoms with E-state index in [0.717, 1.165) is 48.3 Å². The Morgan fingerprint density at radius 2 is 1.65 bits per heavy atom. The summed E-state index contributed by atoms with van der Waals surface area (Å²) in [6, 6.07) is 19.2. The van der Waals surface area contributed by atoms with E-state index in [0.29, 0.717) is 17.6 Å². The van der Waals surface area contributed by atoms with Gasteiger partial charge in [-0.25, -0.2) is 4.98 Å². The number of piperazine rings is 1. The summed E-state index contributed by atoms with van der Waals surface area (Å²) in [6.07, 6.45) is 1.74. The smallest absolute Gasteiger partial charge is 0.257 e. The molecule has 1 aliphatic heterocycles. The summed E-state index contributed by atoms with van der Waals surface area (Å²) in [7, 11) is 0. The molecule has 3 heterocycles. The monoisotopic (exact) mass is 413 g/mol. The van der Waals surface area contributed by atoms with Crippen LogP contribution < -0.4 is 15.8 Å². The average molecular weight is 413 g/mol. The van der Waals surface area contributed by atoms with E-state index in [-0.39, 0.29) is 11.5 Å². The number of benzene rings is 2. The first-order valence-corrected chi connectivity index (χ1v) is 10.4. The molecule has 0 radical (unpaired) electrons. The highest BCUT2D eigenvalue weighted by molar-refractivity contribution is 6.10. The summed E-state index contributed by atoms with van der Waals surface area (Å²) < 4.78 is 0. The van der Waals surface area contributed by atoms with Gasteiger partial charge in [0.05, 0.1) is 6.54 Å². The van der Waals surface area contributed by atoms with E-state index in [4.69, 9.17) is 0 Å². The average Bonchev–Trinajstić information content (AvgIpc) is 2.80. The molecule has 4 aromatic rings. The van der Waals surface area contributed by atoms with Gasteiger partial charge in [-0.15, -0.1) is 0 Å². The number of hydrogen-bond donors (Lipinski definition) is 2. The van der Waals surface area contributed by atoms with Crippen LogP contribution in [0.2, 0.25) is 0 Å². The zero-order valence-electron chi connectivity index (χ0n) is 17.0. The Balaban J connectivity index is 1.33. The number of amides is 1. The van der Waals surface area contributed by atoms with E-state index in [2.05, 4.69) is 25.1 Å². The fourth-order valence-corrected chi connectivity index (χ4v) is 4.22. The van der Waals surface area contributed by atoms with Crippen molar-refractivity contribution in [3.8, 4) is 0 Å². The number of hydrogen-bond acceptors (Lipinski definition) is 5. The zero-order valence-corrected chi connectivity index (χ0v) is 17.0. The molecule has 2 aromatic carbocycles. The lowest BCUT2D eigenvalue weighted by molar-refractivity contribution is -0.117. The quantitative estimate of drug-likeness (QED) is 0.503. The minimum Gasteiger partial charge on any atom is -0.368 e. The predicted octanol–water partition coefficient (Wildman–Crippen LogP) is 2.84. The molecule has 0 bridgehead atoms. The lowest BCUT2D eigenvalue weighted by Crippen LogP contribution is -2.48. The van der Waals surface area contributed by atoms with Crippen LogP contribution >= 0.6 is 0 Å². The molecule has 7 nitrogen and oxygen atoms in total. The largest absolute Gasteiger partial charge is 0.368 e. The first-order valence-electron chi connectivity index (χ1n) is 10.4. The third-order valence-electron chi connectivity index (χ3n) is 5.74. The van der Waals surface area contributed by atoms with Crippen LogP contribution in [0.5, 0.6) is 0 Å². The topological polar surface area (TPSA) is 81.3 Å². The second kappa shape index (κ2) is 8.20. The Bertz CT molecular complexity index is 1290. The number of nitrogens with one attached hydrogen (secondary N) is 2. The minimum atomic E-state index is -0.123. The van der Waals surface area contributed by atoms with Crippen LogP contribution in [0.25, 0.3) is 21.8 Å². The molecule has 2 N–H and O–H groups in total. The number of carbonyl (C=O) groups is 1. The molecule has 0 saturated carbocycles. The summed E-state index contributed by atoms with van der Waals surface area (Å²) in [5, 5.41) is 5.49. The first-order chi connectivity index (χ1) is 15.2. The second-order valence-electron chi connectivity index (χ2n) is 7.73. The van der Waals surface area contributed by atoms with Crippen LogP contribution in [0, 0.1) is 0 Å². The highest BCUT2D eigenvalue weighted by atomic mass is 16.2. The van der Waals surface area contributed by atoms with Gasteiger partial charge in [0.15, 0.2) is 0 Å². The van der Waals surface area contributed by atoms with E-state index < -0.39 is 0 Å². The molecule has 1 aliphatic rings. The van der Waals surface area contributed by atoms with Crippen LogP contribution in [-0.2, 0) is 4.79 Å². The normalized spacial score (nSPS) is 14.8. The number of H-pyrrole nitrogens is 1. The van der Waals surface area contributed by atoms with Crippen molar-refractivity contribution in [1.29, 1.82) is 0 Å². The lowest BCUT2D eigenvalue weighted by atomic mass is 10.1. The maximum Gasteiger partial charge on any atom is 0.257 e. The van der Waals surface area contributed by atoms with E-state index in [1.54, 1.807) is 6.20 Å². The number of pyridine rings is 2. The van der Waals surface area contributed by atoms with Gasteiger partial charge in [0, 0.05) is 59.9 Å². The number of fused-ring (bicyclic) bond motifs is 3. The molecule has 0 aliphatic carbocycles. The van der Waals surface area contributed by atoms with Gasteiger partial charge >= 0.3 is 0 Å². The van der Waals surface area contributed by atoms with Gasteiger partial charge < -0.3 is 15.2 Å². The van der Waals surface area contributed by atoms with Crippen molar-refractivity contribution in [2.75, 3.05) is 42.9 Å². The van der Waals surface area contributed by atoms with Crippen molar-refractivity contribution in [2.45, 2.75) is 0 Å². The van der Waals surface area contributed by atoms with Crippen molar-refractivity contribution < 1.29 is 4.79 Å². The van der Waals surface area contributed by atoms with Crippen LogP contribution in [0.4, 0.5) is 11.4 Å². The van der Waals surface area contributed by atoms with Crippen molar-refractivity contribution in [1.82, 2.24) is 14.9 Å². The van der Waals surface area contributed by atoms with E-state index in [1.165, 1.54) is 0 Å². The molecule has 0 spiro atoms. The second-order valence-corrected chi connectivity index (χ2v) is 7.73. The third kappa shape index (κ3) is 3.87. The van der Waals surface area contributed by atoms with Crippen molar-refractivity contribution in [3.63, 3.8) is 0 Å². The number of carbonyl (C=O) groups excluding carboxylic acids is 1. The molecule has 5 rings (SSSR count). The van der Waals surface area contributed by atoms with E-state index >= 15 is 0 Å². The molecule has 1 saturated heterocycles. The summed E-state index contributed by atoms with van der Waals surface area (Å²) in [5.41, 5.74) is 2.36. The Hall–Kier alpha value is -3.71. The number of rotatable bonds is 4. The molecule has 0 atom stereocenters. The standard InChI is InChI=1S/C24H23N5O2/c30-21(26-17-6-2-1-3-7-17)16-28-12-14-29(15-13-28)20-10-11-25-23-22(20)18-8-4-5-9-19(18)24(31)27-23/h1-11H,12-16H2,(H,26,30)(H,25,27,31). The number of aromatic amines is 1. The van der Waals surface area contributed by atoms with Gasteiger partial charge in [0.25, 0.3) is 5.56 Å². The fourth-order valence-electron chi connectivity index (χ4n) is 4.22. The molecule has 2 aromatic heterocycles. The van der Waals surface area contributed by atoms with Crippen molar-refractivity contribution in [3.05, 3.63) is 77.2 Å². The van der Waals surface area contributed by atoms with Crippen LogP contribution in [-0.4, -0.2) is 53.5 Å². The maximum absolute atomic E-state index is 12.4. The molecule has 31 heavy (non-hydrogen) atoms. The van der Waals surface area contributed by atoms with Gasteiger partial charge in [-0.2, -0.15) is 0 Å². The van der Waals surface area contributed by atoms with Gasteiger partial charge in [0.1, 0.15) is 5.65 Å². The number of para-hydroxylation sites is 1. The molecular weight excluding hydrogens is 390 g/mol. The van der Waals surface area contributed by atoms with Crippen LogP contribution in [0.15, 0.2) is 71.7 Å². The molecule has 156 valence electrons. The minimum absolute atomic E-state index is 0.00224. The zero-order chi connectivity index (χ0) is 21.2. The molecule has 1 amide bonds. The summed E-state index contributed by atoms with van der Waals surface area (Å²) in [6.45, 7) is 3.53. The highest BCUT2D eigenvalue weighted by Gasteiger charge is 2.22. The summed E-state index contributed by atoms with van der Waals surface area (Å²) >= 11 is 0. The van der Waals surface area contributed by atoms with Crippen LogP contribution in [0.3, 0.4) is 0 Å². The fraction of sp³-hybridized carbons (Fsp3) is 0.208.